The average molecular weight is 203 g/mol. The Morgan fingerprint density at radius 3 is 2.36 bits per heavy atom. The van der Waals surface area contributed by atoms with Crippen molar-refractivity contribution in [2.24, 2.45) is 0 Å². The Morgan fingerprint density at radius 2 is 2.09 bits per heavy atom. The molecule has 0 spiro atoms. The molecule has 0 fully saturated rings. The monoisotopic (exact) mass is 203 g/mol. The molecule has 0 aliphatic heterocycles. The van der Waals surface area contributed by atoms with Crippen molar-refractivity contribution in [2.75, 3.05) is 6.61 Å². The minimum atomic E-state index is -4.19. The van der Waals surface area contributed by atoms with E-state index in [-0.39, 0.29) is 0 Å². The lowest BCUT2D eigenvalue weighted by Crippen LogP contribution is -2.36. The van der Waals surface area contributed by atoms with E-state index in [0.29, 0.717) is 0 Å². The summed E-state index contributed by atoms with van der Waals surface area (Å²) in [4.78, 5) is 0. The molecule has 0 aromatic heterocycles. The molecule has 11 heavy (non-hydrogen) atoms. The van der Waals surface area contributed by atoms with Crippen LogP contribution in [0, 0.1) is 0 Å². The third-order valence-corrected chi connectivity index (χ3v) is 3.29. The minimum absolute atomic E-state index is 0.420. The first-order valence-electron chi connectivity index (χ1n) is 2.64. The molecule has 0 saturated heterocycles. The molecule has 0 radical (unpaired) electrons. The fraction of sp³-hybridized carbons (Fsp3) is 1.00. The predicted molar refractivity (Wildman–Crippen MR) is 39.4 cm³/mol. The van der Waals surface area contributed by atoms with Crippen LogP contribution in [0.5, 0.6) is 0 Å². The normalized spacial score (nSPS) is 17.7. The topological polar surface area (TPSA) is 104 Å². The van der Waals surface area contributed by atoms with E-state index < -0.39 is 31.8 Å². The lowest BCUT2D eigenvalue weighted by molar-refractivity contribution is 0.265. The van der Waals surface area contributed by atoms with Gasteiger partial charge in [0.2, 0.25) is 0 Å². The molecule has 2 atom stereocenters. The summed E-state index contributed by atoms with van der Waals surface area (Å²) in [6.45, 7) is 0.945. The molecule has 6 nitrogen and oxygen atoms in total. The Bertz CT molecular complexity index is 234. The van der Waals surface area contributed by atoms with Crippen LogP contribution in [0.1, 0.15) is 6.92 Å². The van der Waals surface area contributed by atoms with E-state index in [2.05, 4.69) is 0 Å². The Labute approximate surface area is 66.4 Å². The van der Waals surface area contributed by atoms with Crippen molar-refractivity contribution in [1.29, 1.82) is 0 Å². The molecule has 0 aromatic carbocycles. The first-order valence-corrected chi connectivity index (χ1v) is 5.75. The second-order valence-electron chi connectivity index (χ2n) is 1.87. The molecule has 2 unspecified atom stereocenters. The van der Waals surface area contributed by atoms with Crippen LogP contribution in [-0.2, 0) is 19.2 Å². The number of hydrogen-bond donors (Lipinski definition) is 3. The molecular weight excluding hydrogens is 194 g/mol. The summed E-state index contributed by atoms with van der Waals surface area (Å²) in [6.07, 6.45) is 0. The summed E-state index contributed by atoms with van der Waals surface area (Å²) in [5.74, 6) is 0. The molecule has 0 rings (SSSR count). The lowest BCUT2D eigenvalue weighted by Gasteiger charge is -2.07. The summed E-state index contributed by atoms with van der Waals surface area (Å²) in [5.41, 5.74) is 0. The van der Waals surface area contributed by atoms with E-state index >= 15 is 0 Å². The van der Waals surface area contributed by atoms with Crippen LogP contribution in [0.4, 0.5) is 0 Å². The molecule has 0 aliphatic rings. The molecule has 0 aromatic rings. The van der Waals surface area contributed by atoms with Crippen LogP contribution in [0.3, 0.4) is 0 Å². The summed E-state index contributed by atoms with van der Waals surface area (Å²) < 4.78 is 41.0. The largest absolute Gasteiger partial charge is 0.395 e. The zero-order valence-corrected chi connectivity index (χ0v) is 7.35. The second kappa shape index (κ2) is 4.12. The fourth-order valence-corrected chi connectivity index (χ4v) is 1.71. The van der Waals surface area contributed by atoms with E-state index in [1.807, 2.05) is 0 Å². The third-order valence-electron chi connectivity index (χ3n) is 0.807. The molecular formula is C3H9NO5S2. The number of aliphatic hydroxyl groups is 1. The van der Waals surface area contributed by atoms with Gasteiger partial charge in [-0.2, -0.15) is 13.1 Å². The SMILES string of the molecule is CC(CO)NS(=O)(=O)S(=O)O. The van der Waals surface area contributed by atoms with Gasteiger partial charge in [0.15, 0.2) is 0 Å². The quantitative estimate of drug-likeness (QED) is 0.378. The van der Waals surface area contributed by atoms with Gasteiger partial charge in [-0.25, -0.2) is 4.21 Å². The number of nitrogens with one attached hydrogen (secondary N) is 1. The van der Waals surface area contributed by atoms with E-state index in [1.54, 1.807) is 4.72 Å². The Morgan fingerprint density at radius 1 is 1.64 bits per heavy atom. The summed E-state index contributed by atoms with van der Waals surface area (Å²) in [6, 6.07) is -0.754. The van der Waals surface area contributed by atoms with Gasteiger partial charge in [0, 0.05) is 6.04 Å². The van der Waals surface area contributed by atoms with E-state index in [4.69, 9.17) is 9.66 Å². The highest BCUT2D eigenvalue weighted by molar-refractivity contribution is 8.61. The standard InChI is InChI=1S/C3H9NO5S2/c1-3(2-5)4-11(8,9)10(6)7/h3-5H,2H2,1H3,(H,6,7). The molecule has 0 aliphatic carbocycles. The maximum absolute atomic E-state index is 10.5. The summed E-state index contributed by atoms with van der Waals surface area (Å²) in [7, 11) is -7.14. The van der Waals surface area contributed by atoms with Crippen molar-refractivity contribution in [3.05, 3.63) is 0 Å². The van der Waals surface area contributed by atoms with E-state index in [9.17, 15) is 12.6 Å². The minimum Gasteiger partial charge on any atom is -0.395 e. The van der Waals surface area contributed by atoms with Gasteiger partial charge in [-0.15, -0.1) is 0 Å². The van der Waals surface area contributed by atoms with Gasteiger partial charge >= 0.3 is 9.06 Å². The predicted octanol–water partition coefficient (Wildman–Crippen LogP) is -1.58. The second-order valence-corrected chi connectivity index (χ2v) is 5.62. The Balaban J connectivity index is 4.27. The first-order chi connectivity index (χ1) is 4.90. The number of aliphatic hydroxyl groups excluding tert-OH is 1. The first kappa shape index (κ1) is 11.0. The zero-order valence-electron chi connectivity index (χ0n) is 5.72. The van der Waals surface area contributed by atoms with Gasteiger partial charge in [-0.1, -0.05) is 0 Å². The summed E-state index contributed by atoms with van der Waals surface area (Å²) >= 11 is 0. The van der Waals surface area contributed by atoms with E-state index in [0.717, 1.165) is 0 Å². The Kier molecular flexibility index (Phi) is 4.11. The van der Waals surface area contributed by atoms with Crippen LogP contribution in [-0.4, -0.2) is 34.9 Å². The van der Waals surface area contributed by atoms with Gasteiger partial charge in [0.05, 0.1) is 6.61 Å². The van der Waals surface area contributed by atoms with Crippen LogP contribution < -0.4 is 4.72 Å². The average Bonchev–Trinajstić information content (AvgIpc) is 1.86. The van der Waals surface area contributed by atoms with Gasteiger partial charge in [-0.3, -0.25) is 4.55 Å². The molecule has 0 heterocycles. The number of hydrogen-bond acceptors (Lipinski definition) is 4. The van der Waals surface area contributed by atoms with Crippen molar-refractivity contribution >= 4 is 19.2 Å². The molecule has 0 saturated carbocycles. The smallest absolute Gasteiger partial charge is 0.318 e. The van der Waals surface area contributed by atoms with Crippen molar-refractivity contribution in [1.82, 2.24) is 4.72 Å². The zero-order chi connectivity index (χ0) is 9.07. The van der Waals surface area contributed by atoms with Crippen molar-refractivity contribution in [2.45, 2.75) is 13.0 Å². The van der Waals surface area contributed by atoms with Gasteiger partial charge in [0.1, 0.15) is 0 Å². The number of rotatable bonds is 4. The van der Waals surface area contributed by atoms with Crippen LogP contribution in [0.25, 0.3) is 0 Å². The lowest BCUT2D eigenvalue weighted by atomic mass is 10.4. The van der Waals surface area contributed by atoms with Crippen molar-refractivity contribution in [3.8, 4) is 0 Å². The van der Waals surface area contributed by atoms with Gasteiger partial charge in [-0.05, 0) is 6.92 Å². The highest BCUT2D eigenvalue weighted by Gasteiger charge is 2.19. The molecule has 68 valence electrons. The van der Waals surface area contributed by atoms with Crippen LogP contribution in [0.15, 0.2) is 0 Å². The van der Waals surface area contributed by atoms with Crippen molar-refractivity contribution in [3.63, 3.8) is 0 Å². The van der Waals surface area contributed by atoms with E-state index in [1.165, 1.54) is 6.92 Å². The Hall–Kier alpha value is -0.0200. The third kappa shape index (κ3) is 3.77. The molecule has 8 heteroatoms. The van der Waals surface area contributed by atoms with Gasteiger partial charge in [0.25, 0.3) is 10.1 Å². The van der Waals surface area contributed by atoms with Gasteiger partial charge < -0.3 is 5.11 Å². The summed E-state index contributed by atoms with van der Waals surface area (Å²) in [5, 5.41) is 8.37. The molecule has 0 amide bonds. The van der Waals surface area contributed by atoms with Crippen LogP contribution >= 0.6 is 0 Å². The maximum Gasteiger partial charge on any atom is 0.318 e. The highest BCUT2D eigenvalue weighted by Crippen LogP contribution is 1.91. The fourth-order valence-electron chi connectivity index (χ4n) is 0.325. The van der Waals surface area contributed by atoms with Crippen molar-refractivity contribution < 1.29 is 22.3 Å². The maximum atomic E-state index is 10.5. The van der Waals surface area contributed by atoms with Crippen LogP contribution in [0.2, 0.25) is 0 Å². The molecule has 0 bridgehead atoms. The molecule has 3 N–H and O–H groups in total. The highest BCUT2D eigenvalue weighted by atomic mass is 33.2.